The number of benzene rings is 1. The number of aromatic hydroxyl groups is 1. The van der Waals surface area contributed by atoms with E-state index in [9.17, 15) is 5.11 Å². The number of hydrogen-bond acceptors (Lipinski definition) is 4. The lowest BCUT2D eigenvalue weighted by Crippen LogP contribution is -1.80. The molecule has 0 bridgehead atoms. The molecule has 1 heterocycles. The summed E-state index contributed by atoms with van der Waals surface area (Å²) < 4.78 is 2.20. The van der Waals surface area contributed by atoms with E-state index >= 15 is 0 Å². The van der Waals surface area contributed by atoms with Crippen molar-refractivity contribution in [3.05, 3.63) is 23.8 Å². The van der Waals surface area contributed by atoms with Crippen molar-refractivity contribution in [2.45, 2.75) is 10.8 Å². The summed E-state index contributed by atoms with van der Waals surface area (Å²) in [6.45, 7) is -0.0317. The lowest BCUT2D eigenvalue weighted by Gasteiger charge is -1.98. The first-order valence-corrected chi connectivity index (χ1v) is 6.19. The van der Waals surface area contributed by atoms with Gasteiger partial charge in [0.05, 0.1) is 10.8 Å². The first-order chi connectivity index (χ1) is 6.74. The van der Waals surface area contributed by atoms with Crippen LogP contribution in [-0.4, -0.2) is 16.5 Å². The molecule has 0 atom stereocenters. The number of rotatable bonds is 2. The minimum atomic E-state index is -0.0317. The second-order valence-electron chi connectivity index (χ2n) is 2.95. The molecule has 0 amide bonds. The molecule has 2 rings (SSSR count). The predicted molar refractivity (Wildman–Crippen MR) is 61.2 cm³/mol. The van der Waals surface area contributed by atoms with Gasteiger partial charge in [-0.3, -0.25) is 0 Å². The largest absolute Gasteiger partial charge is 0.507 e. The van der Waals surface area contributed by atoms with Gasteiger partial charge in [0.1, 0.15) is 5.75 Å². The second-order valence-corrected chi connectivity index (χ2v) is 5.14. The highest BCUT2D eigenvalue weighted by Gasteiger charge is 2.06. The average Bonchev–Trinajstić information content (AvgIpc) is 2.61. The van der Waals surface area contributed by atoms with Crippen molar-refractivity contribution in [3.8, 4) is 5.75 Å². The summed E-state index contributed by atoms with van der Waals surface area (Å²) in [5, 5.41) is 19.5. The van der Waals surface area contributed by atoms with Crippen molar-refractivity contribution in [3.63, 3.8) is 0 Å². The summed E-state index contributed by atoms with van der Waals surface area (Å²) in [5.41, 5.74) is 0.754. The molecule has 0 aliphatic rings. The Hall–Kier alpha value is -0.710. The molecule has 2 aromatic rings. The summed E-state index contributed by atoms with van der Waals surface area (Å²) in [7, 11) is 0. The number of phenolic OH excluding ortho intramolecular Hbond substituents is 1. The number of hydrogen-bond donors (Lipinski definition) is 2. The maximum atomic E-state index is 9.68. The molecule has 0 spiro atoms. The van der Waals surface area contributed by atoms with Crippen LogP contribution in [0.3, 0.4) is 0 Å². The quantitative estimate of drug-likeness (QED) is 0.774. The lowest BCUT2D eigenvalue weighted by molar-refractivity contribution is 0.281. The van der Waals surface area contributed by atoms with Gasteiger partial charge >= 0.3 is 0 Å². The van der Waals surface area contributed by atoms with E-state index in [1.54, 1.807) is 29.2 Å². The number of aliphatic hydroxyl groups excluding tert-OH is 1. The van der Waals surface area contributed by atoms with Crippen molar-refractivity contribution in [2.75, 3.05) is 6.26 Å². The fourth-order valence-corrected chi connectivity index (χ4v) is 3.06. The van der Waals surface area contributed by atoms with E-state index in [4.69, 9.17) is 5.11 Å². The molecule has 0 saturated carbocycles. The minimum absolute atomic E-state index is 0.0317. The maximum absolute atomic E-state index is 9.68. The van der Waals surface area contributed by atoms with E-state index in [1.807, 2.05) is 18.4 Å². The van der Waals surface area contributed by atoms with Crippen LogP contribution in [0.4, 0.5) is 0 Å². The Morgan fingerprint density at radius 1 is 1.36 bits per heavy atom. The van der Waals surface area contributed by atoms with Gasteiger partial charge < -0.3 is 10.2 Å². The van der Waals surface area contributed by atoms with Gasteiger partial charge in [-0.2, -0.15) is 0 Å². The van der Waals surface area contributed by atoms with Crippen LogP contribution in [0, 0.1) is 0 Å². The SMILES string of the molecule is CSc1cc2c(O)cc(CO)cc2s1. The van der Waals surface area contributed by atoms with Crippen LogP contribution in [0.1, 0.15) is 5.56 Å². The topological polar surface area (TPSA) is 40.5 Å². The molecule has 74 valence electrons. The van der Waals surface area contributed by atoms with E-state index in [1.165, 1.54) is 4.21 Å². The molecule has 0 aliphatic carbocycles. The zero-order valence-electron chi connectivity index (χ0n) is 7.65. The van der Waals surface area contributed by atoms with Gasteiger partial charge in [0, 0.05) is 10.1 Å². The lowest BCUT2D eigenvalue weighted by atomic mass is 10.2. The molecule has 2 nitrogen and oxygen atoms in total. The second kappa shape index (κ2) is 3.81. The predicted octanol–water partition coefficient (Wildman–Crippen LogP) is 2.82. The summed E-state index contributed by atoms with van der Waals surface area (Å²) in [5.74, 6) is 0.253. The Morgan fingerprint density at radius 2 is 2.14 bits per heavy atom. The van der Waals surface area contributed by atoms with Crippen LogP contribution < -0.4 is 0 Å². The Balaban J connectivity index is 2.67. The van der Waals surface area contributed by atoms with Crippen LogP contribution in [0.5, 0.6) is 5.75 Å². The third-order valence-electron chi connectivity index (χ3n) is 2.04. The fraction of sp³-hybridized carbons (Fsp3) is 0.200. The van der Waals surface area contributed by atoms with E-state index in [0.29, 0.717) is 0 Å². The summed E-state index contributed by atoms with van der Waals surface area (Å²) in [4.78, 5) is 0. The van der Waals surface area contributed by atoms with Gasteiger partial charge in [-0.15, -0.1) is 23.1 Å². The van der Waals surface area contributed by atoms with Crippen LogP contribution in [0.15, 0.2) is 22.4 Å². The average molecular weight is 226 g/mol. The van der Waals surface area contributed by atoms with Crippen molar-refractivity contribution >= 4 is 33.2 Å². The number of thiophene rings is 1. The Kier molecular flexibility index (Phi) is 2.67. The zero-order chi connectivity index (χ0) is 10.1. The zero-order valence-corrected chi connectivity index (χ0v) is 9.28. The van der Waals surface area contributed by atoms with Crippen LogP contribution in [0.25, 0.3) is 10.1 Å². The highest BCUT2D eigenvalue weighted by Crippen LogP contribution is 2.37. The van der Waals surface area contributed by atoms with Gasteiger partial charge in [-0.1, -0.05) is 0 Å². The van der Waals surface area contributed by atoms with Gasteiger partial charge in [0.15, 0.2) is 0 Å². The first-order valence-electron chi connectivity index (χ1n) is 4.15. The number of aliphatic hydroxyl groups is 1. The molecule has 0 radical (unpaired) electrons. The molecule has 1 aromatic heterocycles. The first kappa shape index (κ1) is 9.83. The molecule has 2 N–H and O–H groups in total. The smallest absolute Gasteiger partial charge is 0.124 e. The molecule has 4 heteroatoms. The summed E-state index contributed by atoms with van der Waals surface area (Å²) in [6, 6.07) is 5.50. The monoisotopic (exact) mass is 226 g/mol. The number of phenols is 1. The van der Waals surface area contributed by atoms with Crippen molar-refractivity contribution in [1.82, 2.24) is 0 Å². The Bertz CT molecular complexity index is 462. The Morgan fingerprint density at radius 3 is 2.79 bits per heavy atom. The van der Waals surface area contributed by atoms with Crippen molar-refractivity contribution in [2.24, 2.45) is 0 Å². The number of fused-ring (bicyclic) bond motifs is 1. The summed E-state index contributed by atoms with van der Waals surface area (Å²) in [6.07, 6.45) is 2.01. The highest BCUT2D eigenvalue weighted by molar-refractivity contribution is 8.00. The van der Waals surface area contributed by atoms with E-state index in [2.05, 4.69) is 0 Å². The fourth-order valence-electron chi connectivity index (χ4n) is 1.34. The van der Waals surface area contributed by atoms with Crippen LogP contribution >= 0.6 is 23.1 Å². The molecule has 0 fully saturated rings. The normalized spacial score (nSPS) is 11.0. The van der Waals surface area contributed by atoms with Gasteiger partial charge in [-0.05, 0) is 30.0 Å². The third kappa shape index (κ3) is 1.61. The highest BCUT2D eigenvalue weighted by atomic mass is 32.2. The van der Waals surface area contributed by atoms with Gasteiger partial charge in [-0.25, -0.2) is 0 Å². The standard InChI is InChI=1S/C10H10O2S2/c1-13-10-4-7-8(12)2-6(5-11)3-9(7)14-10/h2-4,11-12H,5H2,1H3. The summed E-state index contributed by atoms with van der Waals surface area (Å²) >= 11 is 3.29. The van der Waals surface area contributed by atoms with Crippen molar-refractivity contribution in [1.29, 1.82) is 0 Å². The van der Waals surface area contributed by atoms with Crippen LogP contribution in [-0.2, 0) is 6.61 Å². The number of thioether (sulfide) groups is 1. The molecule has 1 aromatic carbocycles. The van der Waals surface area contributed by atoms with Crippen LogP contribution in [0.2, 0.25) is 0 Å². The molecular weight excluding hydrogens is 216 g/mol. The molecular formula is C10H10O2S2. The molecule has 0 saturated heterocycles. The van der Waals surface area contributed by atoms with Gasteiger partial charge in [0.25, 0.3) is 0 Å². The van der Waals surface area contributed by atoms with E-state index < -0.39 is 0 Å². The molecule has 0 aliphatic heterocycles. The Labute approximate surface area is 90.2 Å². The minimum Gasteiger partial charge on any atom is -0.507 e. The molecule has 0 unspecified atom stereocenters. The van der Waals surface area contributed by atoms with Crippen molar-refractivity contribution < 1.29 is 10.2 Å². The van der Waals surface area contributed by atoms with Gasteiger partial charge in [0.2, 0.25) is 0 Å². The third-order valence-corrected chi connectivity index (χ3v) is 4.18. The van der Waals surface area contributed by atoms with E-state index in [0.717, 1.165) is 15.6 Å². The maximum Gasteiger partial charge on any atom is 0.124 e. The van der Waals surface area contributed by atoms with E-state index in [-0.39, 0.29) is 12.4 Å². The molecule has 14 heavy (non-hydrogen) atoms.